The molecule has 0 saturated heterocycles. The molecule has 0 aliphatic rings. The Bertz CT molecular complexity index is 928. The van der Waals surface area contributed by atoms with Gasteiger partial charge >= 0.3 is 0 Å². The number of anilines is 2. The van der Waals surface area contributed by atoms with Gasteiger partial charge in [0, 0.05) is 40.6 Å². The Balaban J connectivity index is 1.91. The fourth-order valence-electron chi connectivity index (χ4n) is 2.81. The van der Waals surface area contributed by atoms with Gasteiger partial charge in [-0.2, -0.15) is 0 Å². The maximum absolute atomic E-state index is 10.3. The van der Waals surface area contributed by atoms with E-state index in [0.717, 1.165) is 27.8 Å². The number of fused-ring (bicyclic) bond motifs is 1. The highest BCUT2D eigenvalue weighted by molar-refractivity contribution is 5.93. The normalized spacial score (nSPS) is 11.9. The predicted molar refractivity (Wildman–Crippen MR) is 109 cm³/mol. The summed E-state index contributed by atoms with van der Waals surface area (Å²) in [4.78, 5) is 6.67. The van der Waals surface area contributed by atoms with Crippen LogP contribution < -0.4 is 5.32 Å². The van der Waals surface area contributed by atoms with E-state index < -0.39 is 0 Å². The molecule has 26 heavy (non-hydrogen) atoms. The van der Waals surface area contributed by atoms with Gasteiger partial charge in [-0.15, -0.1) is 0 Å². The fourth-order valence-corrected chi connectivity index (χ4v) is 2.81. The molecule has 136 valence electrons. The summed E-state index contributed by atoms with van der Waals surface area (Å²) in [5.41, 5.74) is 5.07. The molecule has 0 aliphatic carbocycles. The SMILES string of the molecule is Cc1ccc2c(Nc3ccc(O)c(CN(C)C(C)(C)C)c3)ccnc2c1. The molecule has 0 spiro atoms. The third-order valence-electron chi connectivity index (χ3n) is 4.81. The summed E-state index contributed by atoms with van der Waals surface area (Å²) < 4.78 is 0. The number of phenols is 1. The van der Waals surface area contributed by atoms with Crippen molar-refractivity contribution in [1.29, 1.82) is 0 Å². The summed E-state index contributed by atoms with van der Waals surface area (Å²) in [6.07, 6.45) is 1.82. The Morgan fingerprint density at radius 3 is 2.58 bits per heavy atom. The summed E-state index contributed by atoms with van der Waals surface area (Å²) >= 11 is 0. The molecule has 0 radical (unpaired) electrons. The molecule has 4 heteroatoms. The standard InChI is InChI=1S/C22H27N3O/c1-15-6-8-18-19(10-11-23-20(18)12-15)24-17-7-9-21(26)16(13-17)14-25(5)22(2,3)4/h6-13,26H,14H2,1-5H3,(H,23,24). The van der Waals surface area contributed by atoms with Gasteiger partial charge in [0.05, 0.1) is 5.52 Å². The molecule has 4 nitrogen and oxygen atoms in total. The van der Waals surface area contributed by atoms with Gasteiger partial charge in [-0.05, 0) is 70.6 Å². The second kappa shape index (κ2) is 6.96. The van der Waals surface area contributed by atoms with Gasteiger partial charge in [-0.25, -0.2) is 0 Å². The second-order valence-electron chi connectivity index (χ2n) is 7.87. The van der Waals surface area contributed by atoms with Crippen molar-refractivity contribution in [3.05, 3.63) is 59.8 Å². The Labute approximate surface area is 155 Å². The maximum Gasteiger partial charge on any atom is 0.120 e. The van der Waals surface area contributed by atoms with Crippen molar-refractivity contribution in [2.24, 2.45) is 0 Å². The number of aromatic hydroxyl groups is 1. The molecule has 0 unspecified atom stereocenters. The number of hydrogen-bond acceptors (Lipinski definition) is 4. The zero-order valence-corrected chi connectivity index (χ0v) is 16.2. The first kappa shape index (κ1) is 18.2. The van der Waals surface area contributed by atoms with E-state index in [9.17, 15) is 5.11 Å². The zero-order valence-electron chi connectivity index (χ0n) is 16.2. The molecule has 0 atom stereocenters. The highest BCUT2D eigenvalue weighted by atomic mass is 16.3. The maximum atomic E-state index is 10.3. The first-order chi connectivity index (χ1) is 12.2. The van der Waals surface area contributed by atoms with Gasteiger partial charge in [0.1, 0.15) is 5.75 Å². The number of benzene rings is 2. The van der Waals surface area contributed by atoms with Gasteiger partial charge in [-0.1, -0.05) is 12.1 Å². The number of aromatic nitrogens is 1. The zero-order chi connectivity index (χ0) is 18.9. The molecule has 3 rings (SSSR count). The third-order valence-corrected chi connectivity index (χ3v) is 4.81. The summed E-state index contributed by atoms with van der Waals surface area (Å²) in [5, 5.41) is 14.8. The fraction of sp³-hybridized carbons (Fsp3) is 0.318. The van der Waals surface area contributed by atoms with E-state index in [1.54, 1.807) is 6.07 Å². The van der Waals surface area contributed by atoms with E-state index in [4.69, 9.17) is 0 Å². The summed E-state index contributed by atoms with van der Waals surface area (Å²) in [6, 6.07) is 13.9. The van der Waals surface area contributed by atoms with Crippen LogP contribution in [0.2, 0.25) is 0 Å². The predicted octanol–water partition coefficient (Wildman–Crippen LogP) is 5.22. The monoisotopic (exact) mass is 349 g/mol. The Morgan fingerprint density at radius 1 is 1.08 bits per heavy atom. The minimum absolute atomic E-state index is 0.0367. The number of pyridine rings is 1. The van der Waals surface area contributed by atoms with Crippen molar-refractivity contribution >= 4 is 22.3 Å². The number of rotatable bonds is 4. The van der Waals surface area contributed by atoms with Crippen molar-refractivity contribution in [3.63, 3.8) is 0 Å². The lowest BCUT2D eigenvalue weighted by atomic mass is 10.0. The molecule has 0 amide bonds. The van der Waals surface area contributed by atoms with Crippen LogP contribution in [0.1, 0.15) is 31.9 Å². The minimum Gasteiger partial charge on any atom is -0.508 e. The molecule has 2 N–H and O–H groups in total. The van der Waals surface area contributed by atoms with E-state index in [-0.39, 0.29) is 5.54 Å². The van der Waals surface area contributed by atoms with Crippen LogP contribution in [0.25, 0.3) is 10.9 Å². The van der Waals surface area contributed by atoms with Gasteiger partial charge < -0.3 is 10.4 Å². The van der Waals surface area contributed by atoms with Gasteiger partial charge in [0.25, 0.3) is 0 Å². The van der Waals surface area contributed by atoms with Crippen molar-refractivity contribution in [2.45, 2.75) is 39.8 Å². The first-order valence-corrected chi connectivity index (χ1v) is 8.89. The van der Waals surface area contributed by atoms with Gasteiger partial charge in [-0.3, -0.25) is 9.88 Å². The van der Waals surface area contributed by atoms with E-state index in [1.165, 1.54) is 5.56 Å². The van der Waals surface area contributed by atoms with Crippen LogP contribution in [0.3, 0.4) is 0 Å². The number of nitrogens with one attached hydrogen (secondary N) is 1. The van der Waals surface area contributed by atoms with E-state index in [2.05, 4.69) is 68.1 Å². The molecule has 0 aliphatic heterocycles. The number of hydrogen-bond donors (Lipinski definition) is 2. The topological polar surface area (TPSA) is 48.4 Å². The molecule has 0 saturated carbocycles. The highest BCUT2D eigenvalue weighted by Crippen LogP contribution is 2.29. The average molecular weight is 349 g/mol. The van der Waals surface area contributed by atoms with Crippen LogP contribution in [0.4, 0.5) is 11.4 Å². The molecule has 1 aromatic heterocycles. The number of nitrogens with zero attached hydrogens (tertiary/aromatic N) is 2. The quantitative estimate of drug-likeness (QED) is 0.634. The van der Waals surface area contributed by atoms with Crippen LogP contribution in [-0.4, -0.2) is 27.6 Å². The number of aryl methyl sites for hydroxylation is 1. The molecule has 3 aromatic rings. The van der Waals surface area contributed by atoms with Crippen LogP contribution in [0, 0.1) is 6.92 Å². The summed E-state index contributed by atoms with van der Waals surface area (Å²) in [5.74, 6) is 0.321. The Hall–Kier alpha value is -2.59. The lowest BCUT2D eigenvalue weighted by molar-refractivity contribution is 0.166. The summed E-state index contributed by atoms with van der Waals surface area (Å²) in [6.45, 7) is 9.24. The smallest absolute Gasteiger partial charge is 0.120 e. The Morgan fingerprint density at radius 2 is 1.85 bits per heavy atom. The van der Waals surface area contributed by atoms with Crippen LogP contribution in [0.15, 0.2) is 48.7 Å². The van der Waals surface area contributed by atoms with Crippen molar-refractivity contribution in [2.75, 3.05) is 12.4 Å². The number of phenolic OH excluding ortho intramolecular Hbond substituents is 1. The molecule has 0 fully saturated rings. The second-order valence-corrected chi connectivity index (χ2v) is 7.87. The highest BCUT2D eigenvalue weighted by Gasteiger charge is 2.18. The first-order valence-electron chi connectivity index (χ1n) is 8.89. The molecular formula is C22H27N3O. The van der Waals surface area contributed by atoms with Crippen molar-refractivity contribution in [1.82, 2.24) is 9.88 Å². The summed E-state index contributed by atoms with van der Waals surface area (Å²) in [7, 11) is 2.07. The largest absolute Gasteiger partial charge is 0.508 e. The van der Waals surface area contributed by atoms with Crippen LogP contribution >= 0.6 is 0 Å². The third kappa shape index (κ3) is 3.97. The lowest BCUT2D eigenvalue weighted by Crippen LogP contribution is -2.37. The molecule has 2 aromatic carbocycles. The van der Waals surface area contributed by atoms with E-state index in [0.29, 0.717) is 12.3 Å². The minimum atomic E-state index is 0.0367. The van der Waals surface area contributed by atoms with Crippen molar-refractivity contribution in [3.8, 4) is 5.75 Å². The Kier molecular flexibility index (Phi) is 4.88. The average Bonchev–Trinajstić information content (AvgIpc) is 2.57. The van der Waals surface area contributed by atoms with Crippen molar-refractivity contribution < 1.29 is 5.11 Å². The molecular weight excluding hydrogens is 322 g/mol. The lowest BCUT2D eigenvalue weighted by Gasteiger charge is -2.32. The van der Waals surface area contributed by atoms with Crippen LogP contribution in [-0.2, 0) is 6.54 Å². The molecule has 0 bridgehead atoms. The van der Waals surface area contributed by atoms with Crippen LogP contribution in [0.5, 0.6) is 5.75 Å². The van der Waals surface area contributed by atoms with Gasteiger partial charge in [0.2, 0.25) is 0 Å². The van der Waals surface area contributed by atoms with E-state index >= 15 is 0 Å². The van der Waals surface area contributed by atoms with E-state index in [1.807, 2.05) is 24.4 Å². The molecule has 1 heterocycles. The van der Waals surface area contributed by atoms with Gasteiger partial charge in [0.15, 0.2) is 0 Å².